The summed E-state index contributed by atoms with van der Waals surface area (Å²) in [6.45, 7) is -0.287. The van der Waals surface area contributed by atoms with Crippen LogP contribution in [0.15, 0.2) is 11.4 Å². The standard InChI is InChI=1S/C7H10ClN3O2S/c8-5-6(9)10-3-11-7(5)14-2-4(13)1-12/h3-4,12-13H,1-2H2,(H2,9,10,11). The Kier molecular flexibility index (Phi) is 4.40. The van der Waals surface area contributed by atoms with Crippen LogP contribution in [0.3, 0.4) is 0 Å². The molecule has 0 saturated carbocycles. The van der Waals surface area contributed by atoms with E-state index in [-0.39, 0.29) is 17.4 Å². The van der Waals surface area contributed by atoms with Gasteiger partial charge in [-0.15, -0.1) is 11.8 Å². The third-order valence-corrected chi connectivity index (χ3v) is 3.03. The molecule has 0 spiro atoms. The predicted molar refractivity (Wildman–Crippen MR) is 55.3 cm³/mol. The van der Waals surface area contributed by atoms with Crippen molar-refractivity contribution in [2.24, 2.45) is 0 Å². The van der Waals surface area contributed by atoms with Gasteiger partial charge >= 0.3 is 0 Å². The number of hydrogen-bond acceptors (Lipinski definition) is 6. The lowest BCUT2D eigenvalue weighted by molar-refractivity contribution is 0.113. The van der Waals surface area contributed by atoms with Crippen LogP contribution in [0, 0.1) is 0 Å². The summed E-state index contributed by atoms with van der Waals surface area (Å²) in [6.07, 6.45) is 0.516. The number of aliphatic hydroxyl groups is 2. The Bertz CT molecular complexity index is 313. The molecule has 0 aliphatic rings. The number of nitrogens with two attached hydrogens (primary N) is 1. The van der Waals surface area contributed by atoms with E-state index in [0.717, 1.165) is 0 Å². The molecule has 1 unspecified atom stereocenters. The van der Waals surface area contributed by atoms with Crippen molar-refractivity contribution in [2.45, 2.75) is 11.1 Å². The second-order valence-corrected chi connectivity index (χ2v) is 3.91. The molecule has 1 aromatic rings. The van der Waals surface area contributed by atoms with Gasteiger partial charge in [0, 0.05) is 5.75 Å². The van der Waals surface area contributed by atoms with Gasteiger partial charge in [0.05, 0.1) is 12.7 Å². The average Bonchev–Trinajstić information content (AvgIpc) is 2.20. The molecule has 0 fully saturated rings. The van der Waals surface area contributed by atoms with E-state index in [9.17, 15) is 0 Å². The zero-order valence-electron chi connectivity index (χ0n) is 7.22. The third-order valence-electron chi connectivity index (χ3n) is 1.41. The van der Waals surface area contributed by atoms with Crippen LogP contribution in [-0.4, -0.2) is 38.6 Å². The molecule has 0 aromatic carbocycles. The highest BCUT2D eigenvalue weighted by Gasteiger charge is 2.09. The van der Waals surface area contributed by atoms with Crippen LogP contribution in [0.5, 0.6) is 0 Å². The molecule has 1 atom stereocenters. The van der Waals surface area contributed by atoms with Crippen LogP contribution in [-0.2, 0) is 0 Å². The third kappa shape index (κ3) is 2.98. The number of thioether (sulfide) groups is 1. The van der Waals surface area contributed by atoms with E-state index in [4.69, 9.17) is 27.5 Å². The van der Waals surface area contributed by atoms with E-state index in [1.807, 2.05) is 0 Å². The summed E-state index contributed by atoms with van der Waals surface area (Å²) in [6, 6.07) is 0. The van der Waals surface area contributed by atoms with Gasteiger partial charge in [0.15, 0.2) is 0 Å². The number of hydrogen-bond donors (Lipinski definition) is 3. The van der Waals surface area contributed by atoms with Crippen LogP contribution in [0.1, 0.15) is 0 Å². The Morgan fingerprint density at radius 2 is 2.29 bits per heavy atom. The fraction of sp³-hybridized carbons (Fsp3) is 0.429. The van der Waals surface area contributed by atoms with Crippen molar-refractivity contribution in [2.75, 3.05) is 18.1 Å². The van der Waals surface area contributed by atoms with Crippen molar-refractivity contribution in [3.05, 3.63) is 11.3 Å². The molecule has 0 aliphatic heterocycles. The molecule has 0 amide bonds. The van der Waals surface area contributed by atoms with Gasteiger partial charge in [0.1, 0.15) is 22.2 Å². The first-order valence-corrected chi connectivity index (χ1v) is 5.19. The summed E-state index contributed by atoms with van der Waals surface area (Å²) >= 11 is 7.03. The molecule has 0 bridgehead atoms. The molecule has 1 heterocycles. The molecule has 5 nitrogen and oxygen atoms in total. The van der Waals surface area contributed by atoms with Crippen LogP contribution in [0.2, 0.25) is 5.02 Å². The Labute approximate surface area is 90.3 Å². The van der Waals surface area contributed by atoms with Crippen molar-refractivity contribution < 1.29 is 10.2 Å². The summed E-state index contributed by atoms with van der Waals surface area (Å²) in [5.41, 5.74) is 5.45. The first-order chi connectivity index (χ1) is 6.65. The number of nitrogen functional groups attached to an aromatic ring is 1. The highest BCUT2D eigenvalue weighted by atomic mass is 35.5. The predicted octanol–water partition coefficient (Wildman–Crippen LogP) is 0.158. The van der Waals surface area contributed by atoms with Crippen molar-refractivity contribution in [1.29, 1.82) is 0 Å². The lowest BCUT2D eigenvalue weighted by Crippen LogP contribution is -2.14. The van der Waals surface area contributed by atoms with Crippen molar-refractivity contribution in [1.82, 2.24) is 9.97 Å². The molecule has 0 saturated heterocycles. The van der Waals surface area contributed by atoms with Gasteiger partial charge in [0.25, 0.3) is 0 Å². The molecular formula is C7H10ClN3O2S. The van der Waals surface area contributed by atoms with Gasteiger partial charge in [0.2, 0.25) is 0 Å². The van der Waals surface area contributed by atoms with E-state index < -0.39 is 6.10 Å². The van der Waals surface area contributed by atoms with Gasteiger partial charge in [-0.25, -0.2) is 9.97 Å². The Morgan fingerprint density at radius 3 is 2.93 bits per heavy atom. The van der Waals surface area contributed by atoms with Gasteiger partial charge < -0.3 is 15.9 Å². The molecule has 78 valence electrons. The summed E-state index contributed by atoms with van der Waals surface area (Å²) < 4.78 is 0. The second kappa shape index (κ2) is 5.35. The lowest BCUT2D eigenvalue weighted by atomic mass is 10.4. The topological polar surface area (TPSA) is 92.3 Å². The maximum atomic E-state index is 9.09. The minimum absolute atomic E-state index is 0.211. The first kappa shape index (κ1) is 11.5. The number of aromatic nitrogens is 2. The van der Waals surface area contributed by atoms with Gasteiger partial charge in [-0.05, 0) is 0 Å². The van der Waals surface area contributed by atoms with Crippen molar-refractivity contribution in [3.8, 4) is 0 Å². The second-order valence-electron chi connectivity index (χ2n) is 2.53. The highest BCUT2D eigenvalue weighted by molar-refractivity contribution is 7.99. The molecule has 0 radical (unpaired) electrons. The zero-order valence-corrected chi connectivity index (χ0v) is 8.79. The molecular weight excluding hydrogens is 226 g/mol. The van der Waals surface area contributed by atoms with Gasteiger partial charge in [-0.2, -0.15) is 0 Å². The van der Waals surface area contributed by atoms with Gasteiger partial charge in [-0.1, -0.05) is 11.6 Å². The number of halogens is 1. The first-order valence-electron chi connectivity index (χ1n) is 3.82. The Hall–Kier alpha value is -0.560. The van der Waals surface area contributed by atoms with E-state index in [1.165, 1.54) is 18.1 Å². The summed E-state index contributed by atoms with van der Waals surface area (Å²) in [7, 11) is 0. The summed E-state index contributed by atoms with van der Waals surface area (Å²) in [5.74, 6) is 0.523. The largest absolute Gasteiger partial charge is 0.394 e. The number of nitrogens with zero attached hydrogens (tertiary/aromatic N) is 2. The number of anilines is 1. The monoisotopic (exact) mass is 235 g/mol. The average molecular weight is 236 g/mol. The molecule has 4 N–H and O–H groups in total. The summed E-state index contributed by atoms with van der Waals surface area (Å²) in [5, 5.41) is 18.5. The molecule has 1 rings (SSSR count). The fourth-order valence-electron chi connectivity index (χ4n) is 0.695. The van der Waals surface area contributed by atoms with Crippen LogP contribution < -0.4 is 5.73 Å². The maximum Gasteiger partial charge on any atom is 0.146 e. The SMILES string of the molecule is Nc1ncnc(SCC(O)CO)c1Cl. The molecule has 7 heteroatoms. The molecule has 14 heavy (non-hydrogen) atoms. The normalized spacial score (nSPS) is 12.8. The smallest absolute Gasteiger partial charge is 0.146 e. The Balaban J connectivity index is 2.63. The number of rotatable bonds is 4. The van der Waals surface area contributed by atoms with E-state index in [2.05, 4.69) is 9.97 Å². The van der Waals surface area contributed by atoms with Crippen LogP contribution in [0.25, 0.3) is 0 Å². The minimum Gasteiger partial charge on any atom is -0.394 e. The van der Waals surface area contributed by atoms with E-state index in [0.29, 0.717) is 10.8 Å². The Morgan fingerprint density at radius 1 is 1.57 bits per heavy atom. The van der Waals surface area contributed by atoms with Gasteiger partial charge in [-0.3, -0.25) is 0 Å². The summed E-state index contributed by atoms with van der Waals surface area (Å²) in [4.78, 5) is 7.59. The minimum atomic E-state index is -0.785. The highest BCUT2D eigenvalue weighted by Crippen LogP contribution is 2.28. The van der Waals surface area contributed by atoms with Crippen LogP contribution >= 0.6 is 23.4 Å². The lowest BCUT2D eigenvalue weighted by Gasteiger charge is -2.07. The van der Waals surface area contributed by atoms with E-state index >= 15 is 0 Å². The van der Waals surface area contributed by atoms with E-state index in [1.54, 1.807) is 0 Å². The fourth-order valence-corrected chi connectivity index (χ4v) is 1.76. The quantitative estimate of drug-likeness (QED) is 0.509. The van der Waals surface area contributed by atoms with Crippen molar-refractivity contribution >= 4 is 29.2 Å². The maximum absolute atomic E-state index is 9.09. The van der Waals surface area contributed by atoms with Crippen molar-refractivity contribution in [3.63, 3.8) is 0 Å². The molecule has 0 aliphatic carbocycles. The van der Waals surface area contributed by atoms with Crippen LogP contribution in [0.4, 0.5) is 5.82 Å². The molecule has 1 aromatic heterocycles. The zero-order chi connectivity index (χ0) is 10.6. The number of aliphatic hydroxyl groups excluding tert-OH is 2.